The van der Waals surface area contributed by atoms with E-state index in [2.05, 4.69) is 0 Å². The molecule has 0 aromatic heterocycles. The van der Waals surface area contributed by atoms with Crippen LogP contribution in [0.25, 0.3) is 11.1 Å². The number of aliphatic hydroxyl groups is 1. The molecule has 3 nitrogen and oxygen atoms in total. The number of aliphatic hydroxyl groups excluding tert-OH is 1. The Bertz CT molecular complexity index is 650. The van der Waals surface area contributed by atoms with Crippen LogP contribution in [0.4, 0.5) is 4.39 Å². The summed E-state index contributed by atoms with van der Waals surface area (Å²) >= 11 is 0. The number of Topliss-reactive ketones (excluding diaryl/α,β-unsaturated/α-hetero) is 1. The van der Waals surface area contributed by atoms with Gasteiger partial charge in [0.1, 0.15) is 11.6 Å². The van der Waals surface area contributed by atoms with Gasteiger partial charge in [-0.05, 0) is 24.6 Å². The molecule has 0 saturated heterocycles. The quantitative estimate of drug-likeness (QED) is 0.871. The van der Waals surface area contributed by atoms with E-state index in [1.165, 1.54) is 20.1 Å². The molecule has 0 heterocycles. The third kappa shape index (κ3) is 2.56. The van der Waals surface area contributed by atoms with E-state index in [-0.39, 0.29) is 16.9 Å². The highest BCUT2D eigenvalue weighted by Crippen LogP contribution is 2.34. The summed E-state index contributed by atoms with van der Waals surface area (Å²) in [5, 5.41) is 9.16. The van der Waals surface area contributed by atoms with Gasteiger partial charge in [-0.25, -0.2) is 4.39 Å². The van der Waals surface area contributed by atoms with Crippen molar-refractivity contribution in [3.63, 3.8) is 0 Å². The standard InChI is InChI=1S/C16H15FO3/c1-10(19)11-4-3-5-12(8-11)15-14(20-2)7-6-13(9-18)16(15)17/h3-8,18H,9H2,1-2H3. The van der Waals surface area contributed by atoms with Crippen LogP contribution in [0.3, 0.4) is 0 Å². The van der Waals surface area contributed by atoms with Crippen molar-refractivity contribution in [3.05, 3.63) is 53.3 Å². The number of carbonyl (C=O) groups excluding carboxylic acids is 1. The smallest absolute Gasteiger partial charge is 0.159 e. The molecule has 0 unspecified atom stereocenters. The zero-order valence-electron chi connectivity index (χ0n) is 11.3. The van der Waals surface area contributed by atoms with Crippen molar-refractivity contribution in [1.29, 1.82) is 0 Å². The second-order valence-corrected chi connectivity index (χ2v) is 4.41. The van der Waals surface area contributed by atoms with Crippen LogP contribution in [-0.2, 0) is 6.61 Å². The van der Waals surface area contributed by atoms with E-state index in [0.717, 1.165) is 0 Å². The van der Waals surface area contributed by atoms with Gasteiger partial charge in [0, 0.05) is 11.1 Å². The lowest BCUT2D eigenvalue weighted by Crippen LogP contribution is -1.99. The van der Waals surface area contributed by atoms with Crippen molar-refractivity contribution in [2.24, 2.45) is 0 Å². The first-order valence-corrected chi connectivity index (χ1v) is 6.16. The summed E-state index contributed by atoms with van der Waals surface area (Å²) in [5.74, 6) is -0.266. The van der Waals surface area contributed by atoms with E-state index in [1.807, 2.05) is 0 Å². The highest BCUT2D eigenvalue weighted by atomic mass is 19.1. The van der Waals surface area contributed by atoms with E-state index in [0.29, 0.717) is 16.9 Å². The minimum absolute atomic E-state index is 0.0930. The second-order valence-electron chi connectivity index (χ2n) is 4.41. The monoisotopic (exact) mass is 274 g/mol. The van der Waals surface area contributed by atoms with E-state index < -0.39 is 12.4 Å². The van der Waals surface area contributed by atoms with E-state index in [9.17, 15) is 9.18 Å². The average molecular weight is 274 g/mol. The molecule has 20 heavy (non-hydrogen) atoms. The highest BCUT2D eigenvalue weighted by Gasteiger charge is 2.16. The number of rotatable bonds is 4. The summed E-state index contributed by atoms with van der Waals surface area (Å²) in [7, 11) is 1.45. The molecule has 4 heteroatoms. The molecule has 2 rings (SSSR count). The van der Waals surface area contributed by atoms with Crippen LogP contribution in [-0.4, -0.2) is 18.0 Å². The third-order valence-corrected chi connectivity index (χ3v) is 3.13. The number of ether oxygens (including phenoxy) is 1. The summed E-state index contributed by atoms with van der Waals surface area (Å²) in [6.07, 6.45) is 0. The predicted octanol–water partition coefficient (Wildman–Crippen LogP) is 3.20. The van der Waals surface area contributed by atoms with Gasteiger partial charge in [0.2, 0.25) is 0 Å². The first kappa shape index (κ1) is 14.2. The summed E-state index contributed by atoms with van der Waals surface area (Å²) < 4.78 is 19.6. The molecule has 0 radical (unpaired) electrons. The molecule has 0 amide bonds. The van der Waals surface area contributed by atoms with Gasteiger partial charge in [-0.1, -0.05) is 24.3 Å². The van der Waals surface area contributed by atoms with Gasteiger partial charge in [0.25, 0.3) is 0 Å². The van der Waals surface area contributed by atoms with Gasteiger partial charge in [-0.3, -0.25) is 4.79 Å². The fourth-order valence-corrected chi connectivity index (χ4v) is 2.06. The highest BCUT2D eigenvalue weighted by molar-refractivity contribution is 5.95. The van der Waals surface area contributed by atoms with Gasteiger partial charge in [0.15, 0.2) is 5.78 Å². The Balaban J connectivity index is 2.67. The van der Waals surface area contributed by atoms with Crippen molar-refractivity contribution in [1.82, 2.24) is 0 Å². The minimum atomic E-state index is -0.535. The second kappa shape index (κ2) is 5.84. The number of carbonyl (C=O) groups is 1. The summed E-state index contributed by atoms with van der Waals surface area (Å²) in [5.41, 5.74) is 1.48. The summed E-state index contributed by atoms with van der Waals surface area (Å²) in [6, 6.07) is 9.76. The number of hydrogen-bond donors (Lipinski definition) is 1. The van der Waals surface area contributed by atoms with E-state index in [1.54, 1.807) is 30.3 Å². The molecule has 1 N–H and O–H groups in total. The number of halogens is 1. The largest absolute Gasteiger partial charge is 0.496 e. The van der Waals surface area contributed by atoms with Gasteiger partial charge < -0.3 is 9.84 Å². The third-order valence-electron chi connectivity index (χ3n) is 3.13. The van der Waals surface area contributed by atoms with Gasteiger partial charge >= 0.3 is 0 Å². The first-order chi connectivity index (χ1) is 9.58. The maximum atomic E-state index is 14.4. The van der Waals surface area contributed by atoms with E-state index >= 15 is 0 Å². The van der Waals surface area contributed by atoms with Crippen LogP contribution in [0.5, 0.6) is 5.75 Å². The molecule has 0 fully saturated rings. The van der Waals surface area contributed by atoms with Crippen molar-refractivity contribution in [2.75, 3.05) is 7.11 Å². The fourth-order valence-electron chi connectivity index (χ4n) is 2.06. The molecule has 2 aromatic rings. The van der Waals surface area contributed by atoms with Crippen LogP contribution in [0.1, 0.15) is 22.8 Å². The topological polar surface area (TPSA) is 46.5 Å². The normalized spacial score (nSPS) is 10.4. The Morgan fingerprint density at radius 2 is 2.05 bits per heavy atom. The van der Waals surface area contributed by atoms with Gasteiger partial charge in [-0.15, -0.1) is 0 Å². The Kier molecular flexibility index (Phi) is 4.15. The van der Waals surface area contributed by atoms with Gasteiger partial charge in [0.05, 0.1) is 19.3 Å². The summed E-state index contributed by atoms with van der Waals surface area (Å²) in [4.78, 5) is 11.4. The van der Waals surface area contributed by atoms with Crippen LogP contribution in [0.15, 0.2) is 36.4 Å². The van der Waals surface area contributed by atoms with Crippen molar-refractivity contribution >= 4 is 5.78 Å². The van der Waals surface area contributed by atoms with Crippen LogP contribution in [0.2, 0.25) is 0 Å². The zero-order chi connectivity index (χ0) is 14.7. The molecular formula is C16H15FO3. The Morgan fingerprint density at radius 3 is 2.65 bits per heavy atom. The average Bonchev–Trinajstić information content (AvgIpc) is 2.46. The van der Waals surface area contributed by atoms with Crippen LogP contribution in [0, 0.1) is 5.82 Å². The lowest BCUT2D eigenvalue weighted by molar-refractivity contribution is 0.101. The van der Waals surface area contributed by atoms with Crippen molar-refractivity contribution < 1.29 is 19.0 Å². The molecule has 104 valence electrons. The van der Waals surface area contributed by atoms with E-state index in [4.69, 9.17) is 9.84 Å². The predicted molar refractivity (Wildman–Crippen MR) is 74.3 cm³/mol. The lowest BCUT2D eigenvalue weighted by Gasteiger charge is -2.13. The first-order valence-electron chi connectivity index (χ1n) is 6.16. The molecule has 0 bridgehead atoms. The molecule has 0 saturated carbocycles. The molecule has 0 aliphatic carbocycles. The number of ketones is 1. The number of hydrogen-bond acceptors (Lipinski definition) is 3. The molecule has 2 aromatic carbocycles. The van der Waals surface area contributed by atoms with Crippen molar-refractivity contribution in [3.8, 4) is 16.9 Å². The maximum Gasteiger partial charge on any atom is 0.159 e. The number of methoxy groups -OCH3 is 1. The summed E-state index contributed by atoms with van der Waals surface area (Å²) in [6.45, 7) is 1.06. The Morgan fingerprint density at radius 1 is 1.30 bits per heavy atom. The van der Waals surface area contributed by atoms with Crippen molar-refractivity contribution in [2.45, 2.75) is 13.5 Å². The lowest BCUT2D eigenvalue weighted by atomic mass is 9.98. The Hall–Kier alpha value is -2.20. The van der Waals surface area contributed by atoms with Gasteiger partial charge in [-0.2, -0.15) is 0 Å². The molecule has 0 aliphatic rings. The zero-order valence-corrected chi connectivity index (χ0v) is 11.3. The molecule has 0 spiro atoms. The maximum absolute atomic E-state index is 14.4. The minimum Gasteiger partial charge on any atom is -0.496 e. The number of benzene rings is 2. The molecule has 0 atom stereocenters. The molecule has 0 aliphatic heterocycles. The fraction of sp³-hybridized carbons (Fsp3) is 0.188. The van der Waals surface area contributed by atoms with Crippen LogP contribution < -0.4 is 4.74 Å². The SMILES string of the molecule is COc1ccc(CO)c(F)c1-c1cccc(C(C)=O)c1. The van der Waals surface area contributed by atoms with Crippen LogP contribution >= 0.6 is 0 Å². The molecular weight excluding hydrogens is 259 g/mol. The Labute approximate surface area is 116 Å².